The van der Waals surface area contributed by atoms with E-state index in [-0.39, 0.29) is 12.3 Å². The average molecular weight is 802 g/mol. The van der Waals surface area contributed by atoms with Gasteiger partial charge in [-0.2, -0.15) is 0 Å². The molecule has 5 unspecified atom stereocenters. The monoisotopic (exact) mass is 801 g/mol. The molecule has 2 N–H and O–H groups in total. The number of hydrogen-bond donors (Lipinski definition) is 2. The van der Waals surface area contributed by atoms with Crippen molar-refractivity contribution in [1.29, 1.82) is 0 Å². The smallest absolute Gasteiger partial charge is 0.131 e. The third-order valence-electron chi connectivity index (χ3n) is 14.2. The molecule has 5 heteroatoms. The summed E-state index contributed by atoms with van der Waals surface area (Å²) >= 11 is 0. The summed E-state index contributed by atoms with van der Waals surface area (Å²) in [6.45, 7) is 0. The van der Waals surface area contributed by atoms with Crippen LogP contribution in [0.1, 0.15) is 54.2 Å². The highest BCUT2D eigenvalue weighted by molar-refractivity contribution is 6.10. The van der Waals surface area contributed by atoms with E-state index < -0.39 is 0 Å². The minimum atomic E-state index is -0.226. The van der Waals surface area contributed by atoms with E-state index in [1.54, 1.807) is 0 Å². The van der Waals surface area contributed by atoms with E-state index in [1.165, 1.54) is 82.9 Å². The van der Waals surface area contributed by atoms with Gasteiger partial charge in [0, 0.05) is 61.8 Å². The van der Waals surface area contributed by atoms with Gasteiger partial charge in [0.15, 0.2) is 0 Å². The van der Waals surface area contributed by atoms with Crippen molar-refractivity contribution in [1.82, 2.24) is 19.8 Å². The van der Waals surface area contributed by atoms with Crippen molar-refractivity contribution in [2.24, 2.45) is 22.7 Å². The van der Waals surface area contributed by atoms with E-state index in [9.17, 15) is 0 Å². The van der Waals surface area contributed by atoms with Crippen molar-refractivity contribution in [3.05, 3.63) is 219 Å². The van der Waals surface area contributed by atoms with Crippen molar-refractivity contribution in [3.8, 4) is 5.69 Å². The number of aliphatic imine (C=N–C) groups is 1. The molecule has 6 aliphatic carbocycles. The minimum Gasteiger partial charge on any atom is -0.350 e. The van der Waals surface area contributed by atoms with Crippen molar-refractivity contribution < 1.29 is 0 Å². The first-order valence-corrected chi connectivity index (χ1v) is 22.5. The van der Waals surface area contributed by atoms with Gasteiger partial charge in [-0.3, -0.25) is 5.32 Å². The van der Waals surface area contributed by atoms with Crippen LogP contribution in [0.25, 0.3) is 51.4 Å². The van der Waals surface area contributed by atoms with E-state index in [0.717, 1.165) is 43.5 Å². The fourth-order valence-electron chi connectivity index (χ4n) is 11.3. The Balaban J connectivity index is 0.952. The van der Waals surface area contributed by atoms with Gasteiger partial charge in [-0.1, -0.05) is 152 Å². The molecular formula is C57H47N5. The number of nitrogens with zero attached hydrogens (tertiary/aromatic N) is 3. The van der Waals surface area contributed by atoms with E-state index in [1.807, 2.05) is 0 Å². The van der Waals surface area contributed by atoms with Crippen LogP contribution in [0, 0.1) is 17.8 Å². The van der Waals surface area contributed by atoms with Gasteiger partial charge in [0.25, 0.3) is 0 Å². The van der Waals surface area contributed by atoms with Gasteiger partial charge < -0.3 is 14.5 Å². The topological polar surface area (TPSA) is 46.3 Å². The van der Waals surface area contributed by atoms with Gasteiger partial charge in [-0.25, -0.2) is 4.99 Å². The molecule has 7 aliphatic rings. The first-order chi connectivity index (χ1) is 30.7. The zero-order chi connectivity index (χ0) is 40.7. The van der Waals surface area contributed by atoms with Crippen molar-refractivity contribution in [2.45, 2.75) is 44.4 Å². The van der Waals surface area contributed by atoms with Gasteiger partial charge in [0.1, 0.15) is 18.2 Å². The molecule has 0 bridgehead atoms. The molecule has 1 aliphatic heterocycles. The normalized spacial score (nSPS) is 24.4. The lowest BCUT2D eigenvalue weighted by molar-refractivity contribution is 0.430. The SMILES string of the molecule is C1=CCC2C=c3c4c(n(-c5ccccc5C5NC(c6ccccc6)=NC(C6=CC7C=CC8=C(C=CCC8)C7C=C6)N5)c3=CC2=C1)CCC(n1c2ccccc2c2ccccc21)=C4. The van der Waals surface area contributed by atoms with Gasteiger partial charge >= 0.3 is 0 Å². The molecule has 5 nitrogen and oxygen atoms in total. The van der Waals surface area contributed by atoms with E-state index in [4.69, 9.17) is 4.99 Å². The lowest BCUT2D eigenvalue weighted by Crippen LogP contribution is -2.49. The summed E-state index contributed by atoms with van der Waals surface area (Å²) in [4.78, 5) is 5.41. The van der Waals surface area contributed by atoms with Crippen LogP contribution in [0.5, 0.6) is 0 Å². The van der Waals surface area contributed by atoms with E-state index in [0.29, 0.717) is 17.8 Å². The molecule has 5 atom stereocenters. The number of hydrogen-bond acceptors (Lipinski definition) is 3. The molecule has 6 aromatic rings. The van der Waals surface area contributed by atoms with Crippen molar-refractivity contribution in [3.63, 3.8) is 0 Å². The number of amidine groups is 1. The lowest BCUT2D eigenvalue weighted by Gasteiger charge is -2.36. The summed E-state index contributed by atoms with van der Waals surface area (Å²) in [5, 5.41) is 13.1. The summed E-state index contributed by atoms with van der Waals surface area (Å²) < 4.78 is 5.12. The molecular weight excluding hydrogens is 755 g/mol. The highest BCUT2D eigenvalue weighted by Crippen LogP contribution is 2.41. The lowest BCUT2D eigenvalue weighted by atomic mass is 9.73. The largest absolute Gasteiger partial charge is 0.350 e. The molecule has 62 heavy (non-hydrogen) atoms. The van der Waals surface area contributed by atoms with Crippen molar-refractivity contribution >= 4 is 51.6 Å². The van der Waals surface area contributed by atoms with Gasteiger partial charge in [0.05, 0.1) is 22.1 Å². The Labute approximate surface area is 361 Å². The standard InChI is InChI=1S/C57H47N5/c1-2-15-37(16-3-1)55-58-56(41-28-30-44-40(32-41)27-26-36-14-6-7-19-43(36)44)60-57(59-55)47-22-10-13-25-52(47)62-53-31-29-42(35-49(53)48-33-38-17-4-5-18-39(38)34-54(48)62)61-50-23-11-8-20-45(50)46-21-9-12-24-51(46)61/h1-5,7-13,15-16,18-28,30,32-35,38,40,44,56-57,60H,6,14,17,29,31H2,(H,58,59). The van der Waals surface area contributed by atoms with E-state index in [2.05, 4.69) is 202 Å². The Morgan fingerprint density at radius 2 is 1.48 bits per heavy atom. The van der Waals surface area contributed by atoms with Crippen LogP contribution < -0.4 is 21.2 Å². The Bertz CT molecular complexity index is 3240. The van der Waals surface area contributed by atoms with Crippen LogP contribution in [-0.4, -0.2) is 21.1 Å². The summed E-state index contributed by atoms with van der Waals surface area (Å²) in [5.74, 6) is 1.97. The number of benzene rings is 4. The Hall–Kier alpha value is -6.95. The molecule has 0 saturated carbocycles. The molecule has 0 spiro atoms. The molecule has 0 amide bonds. The predicted molar refractivity (Wildman–Crippen MR) is 256 cm³/mol. The molecule has 0 fully saturated rings. The summed E-state index contributed by atoms with van der Waals surface area (Å²) in [5.41, 5.74) is 15.6. The molecule has 0 saturated heterocycles. The number of fused-ring (bicyclic) bond motifs is 9. The second kappa shape index (κ2) is 14.3. The zero-order valence-corrected chi connectivity index (χ0v) is 34.6. The third kappa shape index (κ3) is 5.68. The highest BCUT2D eigenvalue weighted by Gasteiger charge is 2.34. The van der Waals surface area contributed by atoms with Crippen molar-refractivity contribution in [2.75, 3.05) is 0 Å². The molecule has 13 rings (SSSR count). The maximum absolute atomic E-state index is 5.41. The summed E-state index contributed by atoms with van der Waals surface area (Å²) in [6.07, 6.45) is 35.8. The molecule has 3 heterocycles. The molecule has 300 valence electrons. The first-order valence-electron chi connectivity index (χ1n) is 22.5. The highest BCUT2D eigenvalue weighted by atomic mass is 15.3. The van der Waals surface area contributed by atoms with Crippen LogP contribution in [0.3, 0.4) is 0 Å². The van der Waals surface area contributed by atoms with Crippen LogP contribution in [0.2, 0.25) is 0 Å². The number of nitrogens with one attached hydrogen (secondary N) is 2. The fraction of sp³-hybridized carbons (Fsp3) is 0.175. The maximum Gasteiger partial charge on any atom is 0.131 e. The Kier molecular flexibility index (Phi) is 8.26. The molecule has 4 aromatic carbocycles. The van der Waals surface area contributed by atoms with Crippen LogP contribution >= 0.6 is 0 Å². The van der Waals surface area contributed by atoms with Gasteiger partial charge in [-0.15, -0.1) is 0 Å². The quantitative estimate of drug-likeness (QED) is 0.182. The van der Waals surface area contributed by atoms with Gasteiger partial charge in [-0.05, 0) is 84.7 Å². The average Bonchev–Trinajstić information content (AvgIpc) is 3.85. The molecule has 2 aromatic heterocycles. The Morgan fingerprint density at radius 3 is 2.35 bits per heavy atom. The van der Waals surface area contributed by atoms with Crippen LogP contribution in [-0.2, 0) is 6.42 Å². The van der Waals surface area contributed by atoms with E-state index >= 15 is 0 Å². The second-order valence-electron chi connectivity index (χ2n) is 17.7. The third-order valence-corrected chi connectivity index (χ3v) is 14.2. The number of para-hydroxylation sites is 3. The summed E-state index contributed by atoms with van der Waals surface area (Å²) in [6, 6.07) is 37.4. The number of rotatable bonds is 5. The fourth-order valence-corrected chi connectivity index (χ4v) is 11.3. The minimum absolute atomic E-state index is 0.202. The molecule has 0 radical (unpaired) electrons. The summed E-state index contributed by atoms with van der Waals surface area (Å²) in [7, 11) is 0. The maximum atomic E-state index is 5.41. The first kappa shape index (κ1) is 35.8. The second-order valence-corrected chi connectivity index (χ2v) is 17.7. The number of allylic oxidation sites excluding steroid dienone is 13. The zero-order valence-electron chi connectivity index (χ0n) is 34.6. The predicted octanol–water partition coefficient (Wildman–Crippen LogP) is 10.5. The Morgan fingerprint density at radius 1 is 0.677 bits per heavy atom. The van der Waals surface area contributed by atoms with Gasteiger partial charge in [0.2, 0.25) is 0 Å². The van der Waals surface area contributed by atoms with Crippen LogP contribution in [0.4, 0.5) is 0 Å². The van der Waals surface area contributed by atoms with Crippen LogP contribution in [0.15, 0.2) is 191 Å². The number of aromatic nitrogens is 2.